The quantitative estimate of drug-likeness (QED) is 0.375. The van der Waals surface area contributed by atoms with Gasteiger partial charge in [-0.05, 0) is 49.4 Å². The molecule has 37 heavy (non-hydrogen) atoms. The van der Waals surface area contributed by atoms with Crippen molar-refractivity contribution in [2.24, 2.45) is 0 Å². The number of hydrogen-bond donors (Lipinski definition) is 3. The highest BCUT2D eigenvalue weighted by atomic mass is 35.5. The zero-order valence-electron chi connectivity index (χ0n) is 19.2. The maximum Gasteiger partial charge on any atom is 0.420 e. The van der Waals surface area contributed by atoms with Crippen LogP contribution in [-0.4, -0.2) is 63.0 Å². The summed E-state index contributed by atoms with van der Waals surface area (Å²) in [6.45, 7) is -1.49. The number of nitrogens with two attached hydrogens (primary N) is 1. The van der Waals surface area contributed by atoms with E-state index in [0.29, 0.717) is 10.6 Å². The van der Waals surface area contributed by atoms with Gasteiger partial charge in [0, 0.05) is 6.54 Å². The lowest BCUT2D eigenvalue weighted by Crippen LogP contribution is -2.60. The Bertz CT molecular complexity index is 1300. The molecule has 0 saturated heterocycles. The van der Waals surface area contributed by atoms with Gasteiger partial charge in [0.25, 0.3) is 11.8 Å². The van der Waals surface area contributed by atoms with Crippen LogP contribution in [-0.2, 0) is 0 Å². The first-order valence-corrected chi connectivity index (χ1v) is 11.1. The number of benzene rings is 2. The molecule has 0 bridgehead atoms. The molecule has 0 saturated carbocycles. The third-order valence-electron chi connectivity index (χ3n) is 5.47. The second-order valence-corrected chi connectivity index (χ2v) is 8.39. The van der Waals surface area contributed by atoms with Crippen molar-refractivity contribution >= 4 is 29.2 Å². The predicted molar refractivity (Wildman–Crippen MR) is 124 cm³/mol. The molecule has 0 aliphatic heterocycles. The Balaban J connectivity index is 1.79. The summed E-state index contributed by atoms with van der Waals surface area (Å²) in [6.07, 6.45) is -4.27. The fourth-order valence-corrected chi connectivity index (χ4v) is 3.61. The topological polar surface area (TPSA) is 113 Å². The Morgan fingerprint density at radius 2 is 1.73 bits per heavy atom. The molecule has 0 aliphatic carbocycles. The molecule has 198 valence electrons. The van der Waals surface area contributed by atoms with Crippen molar-refractivity contribution in [2.45, 2.75) is 18.7 Å². The number of nitrogen functional groups attached to an aromatic ring is 1. The molecule has 14 heteroatoms. The third kappa shape index (κ3) is 6.00. The van der Waals surface area contributed by atoms with Crippen LogP contribution in [0.5, 0.6) is 0 Å². The molecule has 0 radical (unpaired) electrons. The SMILES string of the molecule is CCN(CC(O)(CNC(=O)c1cnn(-c2ccc(F)cc2)c1N)C(F)(F)F)C(=O)c1ccc(F)cc1Cl. The number of likely N-dealkylation sites (N-methyl/N-ethyl adjacent to an activating group) is 1. The Morgan fingerprint density at radius 3 is 2.30 bits per heavy atom. The van der Waals surface area contributed by atoms with E-state index in [2.05, 4.69) is 5.10 Å². The summed E-state index contributed by atoms with van der Waals surface area (Å²) in [5.41, 5.74) is 2.07. The highest BCUT2D eigenvalue weighted by Crippen LogP contribution is 2.32. The van der Waals surface area contributed by atoms with E-state index in [1.807, 2.05) is 5.32 Å². The third-order valence-corrected chi connectivity index (χ3v) is 5.79. The van der Waals surface area contributed by atoms with Gasteiger partial charge in [-0.2, -0.15) is 18.3 Å². The normalized spacial score (nSPS) is 13.2. The van der Waals surface area contributed by atoms with E-state index in [-0.39, 0.29) is 28.5 Å². The van der Waals surface area contributed by atoms with Crippen LogP contribution < -0.4 is 11.1 Å². The number of amides is 2. The zero-order chi connectivity index (χ0) is 27.5. The Kier molecular flexibility index (Phi) is 8.08. The largest absolute Gasteiger partial charge is 0.420 e. The second kappa shape index (κ2) is 10.7. The molecule has 3 rings (SSSR count). The van der Waals surface area contributed by atoms with Crippen molar-refractivity contribution in [3.63, 3.8) is 0 Å². The average molecular weight is 546 g/mol. The summed E-state index contributed by atoms with van der Waals surface area (Å²) < 4.78 is 69.3. The van der Waals surface area contributed by atoms with Crippen molar-refractivity contribution in [3.05, 3.63) is 76.4 Å². The number of rotatable bonds is 8. The molecule has 1 atom stereocenters. The van der Waals surface area contributed by atoms with Crippen molar-refractivity contribution in [1.82, 2.24) is 20.0 Å². The number of halogens is 6. The zero-order valence-corrected chi connectivity index (χ0v) is 19.9. The number of anilines is 1. The van der Waals surface area contributed by atoms with Crippen LogP contribution in [0.4, 0.5) is 27.8 Å². The van der Waals surface area contributed by atoms with Crippen LogP contribution in [0.25, 0.3) is 5.69 Å². The molecule has 8 nitrogen and oxygen atoms in total. The Morgan fingerprint density at radius 1 is 1.11 bits per heavy atom. The average Bonchev–Trinajstić information content (AvgIpc) is 3.21. The first-order chi connectivity index (χ1) is 17.3. The maximum atomic E-state index is 13.9. The van der Waals surface area contributed by atoms with E-state index in [4.69, 9.17) is 17.3 Å². The van der Waals surface area contributed by atoms with E-state index in [0.717, 1.165) is 41.2 Å². The van der Waals surface area contributed by atoms with Gasteiger partial charge in [-0.3, -0.25) is 9.59 Å². The molecule has 1 aromatic heterocycles. The van der Waals surface area contributed by atoms with Gasteiger partial charge >= 0.3 is 6.18 Å². The summed E-state index contributed by atoms with van der Waals surface area (Å²) in [5, 5.41) is 16.1. The lowest BCUT2D eigenvalue weighted by molar-refractivity contribution is -0.259. The Labute approximate surface area is 212 Å². The summed E-state index contributed by atoms with van der Waals surface area (Å²) >= 11 is 5.86. The smallest absolute Gasteiger partial charge is 0.383 e. The summed E-state index contributed by atoms with van der Waals surface area (Å²) in [7, 11) is 0. The molecule has 1 unspecified atom stereocenters. The summed E-state index contributed by atoms with van der Waals surface area (Å²) in [4.78, 5) is 26.1. The van der Waals surface area contributed by atoms with Gasteiger partial charge in [-0.1, -0.05) is 11.6 Å². The monoisotopic (exact) mass is 545 g/mol. The molecule has 0 spiro atoms. The summed E-state index contributed by atoms with van der Waals surface area (Å²) in [5.74, 6) is -3.58. The first kappa shape index (κ1) is 27.9. The number of carbonyl (C=O) groups excluding carboxylic acids is 2. The van der Waals surface area contributed by atoms with Gasteiger partial charge in [0.15, 0.2) is 5.60 Å². The maximum absolute atomic E-state index is 13.9. The van der Waals surface area contributed by atoms with Crippen LogP contribution in [0.15, 0.2) is 48.7 Å². The number of hydrogen-bond acceptors (Lipinski definition) is 5. The molecule has 2 amide bonds. The molecule has 0 aliphatic rings. The number of aliphatic hydroxyl groups is 1. The van der Waals surface area contributed by atoms with Crippen LogP contribution in [0.1, 0.15) is 27.6 Å². The minimum absolute atomic E-state index is 0.240. The number of alkyl halides is 3. The number of nitrogens with one attached hydrogen (secondary N) is 1. The van der Waals surface area contributed by atoms with Gasteiger partial charge in [0.1, 0.15) is 23.0 Å². The van der Waals surface area contributed by atoms with Crippen molar-refractivity contribution in [2.75, 3.05) is 25.4 Å². The molecule has 4 N–H and O–H groups in total. The fourth-order valence-electron chi connectivity index (χ4n) is 3.36. The lowest BCUT2D eigenvalue weighted by Gasteiger charge is -2.35. The van der Waals surface area contributed by atoms with Gasteiger partial charge in [0.2, 0.25) is 0 Å². The predicted octanol–water partition coefficient (Wildman–Crippen LogP) is 3.57. The lowest BCUT2D eigenvalue weighted by atomic mass is 10.0. The first-order valence-electron chi connectivity index (χ1n) is 10.7. The van der Waals surface area contributed by atoms with Crippen molar-refractivity contribution < 1.29 is 36.6 Å². The highest BCUT2D eigenvalue weighted by Gasteiger charge is 2.55. The van der Waals surface area contributed by atoms with Crippen LogP contribution in [0.3, 0.4) is 0 Å². The van der Waals surface area contributed by atoms with E-state index in [9.17, 15) is 36.6 Å². The van der Waals surface area contributed by atoms with Crippen molar-refractivity contribution in [1.29, 1.82) is 0 Å². The Hall–Kier alpha value is -3.71. The minimum Gasteiger partial charge on any atom is -0.383 e. The minimum atomic E-state index is -5.27. The number of aromatic nitrogens is 2. The van der Waals surface area contributed by atoms with E-state index in [1.165, 1.54) is 19.1 Å². The van der Waals surface area contributed by atoms with E-state index >= 15 is 0 Å². The van der Waals surface area contributed by atoms with Crippen molar-refractivity contribution in [3.8, 4) is 5.69 Å². The second-order valence-electron chi connectivity index (χ2n) is 7.99. The van der Waals surface area contributed by atoms with Gasteiger partial charge in [-0.15, -0.1) is 0 Å². The molecule has 0 fully saturated rings. The standard InChI is InChI=1S/C23H21ClF5N5O3/c1-2-33(21(36)16-8-5-14(26)9-18(16)24)12-22(37,23(27,28)29)11-31-20(35)17-10-32-34(19(17)30)15-6-3-13(25)4-7-15/h3-10,37H,2,11-12,30H2,1H3,(H,31,35). The fraction of sp³-hybridized carbons (Fsp3) is 0.261. The molecular formula is C23H21ClF5N5O3. The highest BCUT2D eigenvalue weighted by molar-refractivity contribution is 6.33. The van der Waals surface area contributed by atoms with Gasteiger partial charge < -0.3 is 21.1 Å². The molecular weight excluding hydrogens is 525 g/mol. The van der Waals surface area contributed by atoms with Gasteiger partial charge in [0.05, 0.1) is 35.6 Å². The molecule has 1 heterocycles. The van der Waals surface area contributed by atoms with Gasteiger partial charge in [-0.25, -0.2) is 13.5 Å². The van der Waals surface area contributed by atoms with Crippen LogP contribution >= 0.6 is 11.6 Å². The van der Waals surface area contributed by atoms with Crippen LogP contribution in [0.2, 0.25) is 5.02 Å². The number of nitrogens with zero attached hydrogens (tertiary/aromatic N) is 3. The summed E-state index contributed by atoms with van der Waals surface area (Å²) in [6, 6.07) is 7.66. The molecule has 2 aromatic carbocycles. The molecule has 3 aromatic rings. The van der Waals surface area contributed by atoms with E-state index in [1.54, 1.807) is 0 Å². The number of carbonyl (C=O) groups is 2. The van der Waals surface area contributed by atoms with E-state index < -0.39 is 48.3 Å². The van der Waals surface area contributed by atoms with Crippen LogP contribution in [0, 0.1) is 11.6 Å².